The number of nitrogens with zero attached hydrogens (tertiary/aromatic N) is 1. The molecule has 0 radical (unpaired) electrons. The van der Waals surface area contributed by atoms with E-state index >= 15 is 0 Å². The van der Waals surface area contributed by atoms with E-state index in [0.29, 0.717) is 11.5 Å². The van der Waals surface area contributed by atoms with E-state index in [-0.39, 0.29) is 0 Å². The Morgan fingerprint density at radius 2 is 0.911 bits per heavy atom. The number of ether oxygens (including phenoxy) is 1. The van der Waals surface area contributed by atoms with Gasteiger partial charge in [0.2, 0.25) is 0 Å². The van der Waals surface area contributed by atoms with Crippen LogP contribution in [0.25, 0.3) is 44.8 Å². The lowest BCUT2D eigenvalue weighted by Gasteiger charge is -2.29. The van der Waals surface area contributed by atoms with Gasteiger partial charge in [-0.1, -0.05) is 127 Å². The van der Waals surface area contributed by atoms with Crippen LogP contribution >= 0.6 is 7.14 Å². The highest BCUT2D eigenvalue weighted by molar-refractivity contribution is 7.85. The summed E-state index contributed by atoms with van der Waals surface area (Å²) >= 11 is 0. The van der Waals surface area contributed by atoms with E-state index in [2.05, 4.69) is 66.7 Å². The lowest BCUT2D eigenvalue weighted by atomic mass is 9.96. The molecular weight excluding hydrogens is 569 g/mol. The van der Waals surface area contributed by atoms with Crippen LogP contribution in [0.15, 0.2) is 170 Å². The first kappa shape index (κ1) is 27.1. The molecule has 45 heavy (non-hydrogen) atoms. The van der Waals surface area contributed by atoms with Crippen LogP contribution in [0.1, 0.15) is 0 Å². The lowest BCUT2D eigenvalue weighted by Crippen LogP contribution is -2.30. The third-order valence-corrected chi connectivity index (χ3v) is 11.5. The van der Waals surface area contributed by atoms with Crippen LogP contribution in [0.2, 0.25) is 0 Å². The maximum atomic E-state index is 15.0. The van der Waals surface area contributed by atoms with Crippen molar-refractivity contribution >= 4 is 23.1 Å². The standard InChI is InChI=1S/C41H28NO2P/c43-45(35-19-8-3-9-20-35)40-22-11-10-21-38(40)44-39-28-33(23-24-41(39)45)31-17-12-18-32(25-31)34-26-36(29-13-4-1-5-14-29)42-37(27-34)30-15-6-2-7-16-30/h1-28H. The summed E-state index contributed by atoms with van der Waals surface area (Å²) in [6, 6.07) is 56.9. The van der Waals surface area contributed by atoms with Crippen molar-refractivity contribution in [3.8, 4) is 56.3 Å². The highest BCUT2D eigenvalue weighted by atomic mass is 31.2. The Kier molecular flexibility index (Phi) is 6.74. The van der Waals surface area contributed by atoms with Gasteiger partial charge in [-0.05, 0) is 64.7 Å². The Hall–Kier alpha value is -5.50. The Labute approximate surface area is 262 Å². The van der Waals surface area contributed by atoms with Crippen molar-refractivity contribution in [2.75, 3.05) is 0 Å². The second-order valence-corrected chi connectivity index (χ2v) is 13.8. The monoisotopic (exact) mass is 597 g/mol. The van der Waals surface area contributed by atoms with Crippen molar-refractivity contribution in [2.24, 2.45) is 0 Å². The fraction of sp³-hybridized carbons (Fsp3) is 0. The molecule has 1 unspecified atom stereocenters. The van der Waals surface area contributed by atoms with E-state index in [9.17, 15) is 4.57 Å². The Balaban J connectivity index is 1.23. The van der Waals surface area contributed by atoms with Crippen molar-refractivity contribution in [3.05, 3.63) is 170 Å². The number of aromatic nitrogens is 1. The molecule has 0 saturated heterocycles. The number of rotatable bonds is 5. The largest absolute Gasteiger partial charge is 0.456 e. The maximum absolute atomic E-state index is 15.0. The summed E-state index contributed by atoms with van der Waals surface area (Å²) in [6.07, 6.45) is 0. The lowest BCUT2D eigenvalue weighted by molar-refractivity contribution is 0.485. The summed E-state index contributed by atoms with van der Waals surface area (Å²) < 4.78 is 21.4. The number of benzene rings is 6. The van der Waals surface area contributed by atoms with Crippen LogP contribution < -0.4 is 20.7 Å². The van der Waals surface area contributed by atoms with Crippen molar-refractivity contribution in [1.29, 1.82) is 0 Å². The minimum atomic E-state index is -3.12. The van der Waals surface area contributed by atoms with Gasteiger partial charge in [-0.15, -0.1) is 0 Å². The van der Waals surface area contributed by atoms with Gasteiger partial charge in [0.15, 0.2) is 7.14 Å². The van der Waals surface area contributed by atoms with E-state index in [1.165, 1.54) is 0 Å². The first-order valence-corrected chi connectivity index (χ1v) is 16.7. The van der Waals surface area contributed by atoms with Gasteiger partial charge in [-0.2, -0.15) is 0 Å². The predicted molar refractivity (Wildman–Crippen MR) is 185 cm³/mol. The molecule has 1 aliphatic rings. The first-order valence-electron chi connectivity index (χ1n) is 15.0. The second-order valence-electron chi connectivity index (χ2n) is 11.1. The first-order chi connectivity index (χ1) is 22.2. The average molecular weight is 598 g/mol. The van der Waals surface area contributed by atoms with E-state index in [1.54, 1.807) is 0 Å². The molecule has 6 aromatic carbocycles. The van der Waals surface area contributed by atoms with Crippen LogP contribution in [-0.4, -0.2) is 4.98 Å². The fourth-order valence-electron chi connectivity index (χ4n) is 6.09. The van der Waals surface area contributed by atoms with Gasteiger partial charge in [0.05, 0.1) is 22.0 Å². The molecule has 4 heteroatoms. The van der Waals surface area contributed by atoms with Crippen molar-refractivity contribution in [3.63, 3.8) is 0 Å². The molecule has 0 N–H and O–H groups in total. The summed E-state index contributed by atoms with van der Waals surface area (Å²) in [5.41, 5.74) is 8.21. The summed E-state index contributed by atoms with van der Waals surface area (Å²) in [7, 11) is -3.12. The third kappa shape index (κ3) is 4.88. The van der Waals surface area contributed by atoms with Gasteiger partial charge in [0.1, 0.15) is 11.5 Å². The second kappa shape index (κ2) is 11.2. The molecule has 214 valence electrons. The Morgan fingerprint density at radius 1 is 0.400 bits per heavy atom. The van der Waals surface area contributed by atoms with E-state index < -0.39 is 7.14 Å². The highest BCUT2D eigenvalue weighted by Gasteiger charge is 2.39. The zero-order valence-electron chi connectivity index (χ0n) is 24.4. The Bertz CT molecular complexity index is 2160. The normalized spacial score (nSPS) is 15.0. The minimum Gasteiger partial charge on any atom is -0.456 e. The van der Waals surface area contributed by atoms with E-state index in [1.807, 2.05) is 103 Å². The minimum absolute atomic E-state index is 0.630. The van der Waals surface area contributed by atoms with Gasteiger partial charge < -0.3 is 9.30 Å². The van der Waals surface area contributed by atoms with Crippen LogP contribution in [-0.2, 0) is 4.57 Å². The Morgan fingerprint density at radius 3 is 1.58 bits per heavy atom. The van der Waals surface area contributed by atoms with Crippen molar-refractivity contribution in [1.82, 2.24) is 4.98 Å². The number of fused-ring (bicyclic) bond motifs is 2. The van der Waals surface area contributed by atoms with Crippen LogP contribution in [0.4, 0.5) is 0 Å². The molecule has 1 atom stereocenters. The molecule has 0 fully saturated rings. The molecule has 7 aromatic rings. The van der Waals surface area contributed by atoms with Gasteiger partial charge in [0.25, 0.3) is 0 Å². The van der Waals surface area contributed by atoms with Crippen LogP contribution in [0.3, 0.4) is 0 Å². The highest BCUT2D eigenvalue weighted by Crippen LogP contribution is 2.52. The third-order valence-electron chi connectivity index (χ3n) is 8.34. The van der Waals surface area contributed by atoms with Crippen molar-refractivity contribution in [2.45, 2.75) is 0 Å². The smallest absolute Gasteiger partial charge is 0.178 e. The molecule has 8 rings (SSSR count). The molecule has 1 aliphatic heterocycles. The van der Waals surface area contributed by atoms with E-state index in [0.717, 1.165) is 60.7 Å². The van der Waals surface area contributed by atoms with E-state index in [4.69, 9.17) is 9.72 Å². The molecule has 2 heterocycles. The number of pyridine rings is 1. The van der Waals surface area contributed by atoms with Gasteiger partial charge in [-0.3, -0.25) is 0 Å². The van der Waals surface area contributed by atoms with Gasteiger partial charge >= 0.3 is 0 Å². The van der Waals surface area contributed by atoms with Crippen LogP contribution in [0, 0.1) is 0 Å². The quantitative estimate of drug-likeness (QED) is 0.186. The molecule has 0 bridgehead atoms. The molecule has 0 saturated carbocycles. The zero-order valence-corrected chi connectivity index (χ0v) is 25.3. The summed E-state index contributed by atoms with van der Waals surface area (Å²) in [5, 5.41) is 2.26. The molecule has 0 aliphatic carbocycles. The molecule has 3 nitrogen and oxygen atoms in total. The van der Waals surface area contributed by atoms with Gasteiger partial charge in [0, 0.05) is 16.4 Å². The predicted octanol–water partition coefficient (Wildman–Crippen LogP) is 9.49. The summed E-state index contributed by atoms with van der Waals surface area (Å²) in [4.78, 5) is 5.04. The summed E-state index contributed by atoms with van der Waals surface area (Å²) in [6.45, 7) is 0. The molecular formula is C41H28NO2P. The van der Waals surface area contributed by atoms with Crippen molar-refractivity contribution < 1.29 is 9.30 Å². The zero-order chi connectivity index (χ0) is 30.2. The molecule has 0 spiro atoms. The fourth-order valence-corrected chi connectivity index (χ4v) is 8.93. The number of para-hydroxylation sites is 1. The summed E-state index contributed by atoms with van der Waals surface area (Å²) in [5.74, 6) is 1.27. The van der Waals surface area contributed by atoms with Crippen LogP contribution in [0.5, 0.6) is 11.5 Å². The number of hydrogen-bond acceptors (Lipinski definition) is 3. The topological polar surface area (TPSA) is 39.2 Å². The SMILES string of the molecule is O=P1(c2ccccc2)c2ccccc2Oc2cc(-c3cccc(-c4cc(-c5ccccc5)nc(-c5ccccc5)c4)c3)ccc21. The molecule has 1 aromatic heterocycles. The average Bonchev–Trinajstić information content (AvgIpc) is 3.12. The number of hydrogen-bond donors (Lipinski definition) is 0. The van der Waals surface area contributed by atoms with Gasteiger partial charge in [-0.25, -0.2) is 4.98 Å². The molecule has 0 amide bonds. The maximum Gasteiger partial charge on any atom is 0.178 e.